The van der Waals surface area contributed by atoms with Crippen molar-refractivity contribution in [2.45, 2.75) is 43.9 Å². The van der Waals surface area contributed by atoms with Gasteiger partial charge in [0.1, 0.15) is 0 Å². The number of anilines is 2. The van der Waals surface area contributed by atoms with Crippen molar-refractivity contribution in [1.82, 2.24) is 0 Å². The smallest absolute Gasteiger partial charge is 0.261 e. The number of allylic oxidation sites excluding steroid dienone is 1. The van der Waals surface area contributed by atoms with Gasteiger partial charge in [-0.2, -0.15) is 0 Å². The molecule has 1 saturated carbocycles. The molecule has 146 valence electrons. The van der Waals surface area contributed by atoms with Gasteiger partial charge in [0.05, 0.1) is 10.6 Å². The molecular weight excluding hydrogens is 372 g/mol. The molecular formula is C22H24N2O3S. The van der Waals surface area contributed by atoms with Crippen molar-refractivity contribution >= 4 is 32.9 Å². The van der Waals surface area contributed by atoms with Gasteiger partial charge in [-0.05, 0) is 68.0 Å². The van der Waals surface area contributed by atoms with Gasteiger partial charge in [-0.25, -0.2) is 8.42 Å². The number of carbonyl (C=O) groups is 1. The zero-order valence-corrected chi connectivity index (χ0v) is 17.0. The van der Waals surface area contributed by atoms with Crippen LogP contribution in [0.4, 0.5) is 11.4 Å². The lowest BCUT2D eigenvalue weighted by atomic mass is 10.00. The van der Waals surface area contributed by atoms with Crippen molar-refractivity contribution in [3.63, 3.8) is 0 Å². The zero-order valence-electron chi connectivity index (χ0n) is 16.2. The lowest BCUT2D eigenvalue weighted by Crippen LogP contribution is -2.20. The summed E-state index contributed by atoms with van der Waals surface area (Å²) in [5.74, 6) is -0.0370. The Morgan fingerprint density at radius 1 is 1.07 bits per heavy atom. The summed E-state index contributed by atoms with van der Waals surface area (Å²) in [4.78, 5) is 14.6. The summed E-state index contributed by atoms with van der Waals surface area (Å²) in [5, 5.41) is 0. The van der Waals surface area contributed by atoms with E-state index in [1.54, 1.807) is 36.2 Å². The molecule has 1 aliphatic carbocycles. The summed E-state index contributed by atoms with van der Waals surface area (Å²) < 4.78 is 28.6. The number of fused-ring (bicyclic) bond motifs is 1. The van der Waals surface area contributed by atoms with Gasteiger partial charge in [-0.1, -0.05) is 24.6 Å². The Balaban J connectivity index is 1.74. The third kappa shape index (κ3) is 3.22. The summed E-state index contributed by atoms with van der Waals surface area (Å²) in [7, 11) is -2.00. The van der Waals surface area contributed by atoms with E-state index in [1.165, 1.54) is 0 Å². The molecule has 1 aliphatic heterocycles. The first-order chi connectivity index (χ1) is 13.4. The van der Waals surface area contributed by atoms with Gasteiger partial charge < -0.3 is 4.90 Å². The molecule has 1 N–H and O–H groups in total. The Kier molecular flexibility index (Phi) is 4.75. The van der Waals surface area contributed by atoms with E-state index in [0.29, 0.717) is 11.3 Å². The van der Waals surface area contributed by atoms with Crippen molar-refractivity contribution in [3.05, 3.63) is 59.2 Å². The molecule has 0 radical (unpaired) electrons. The number of carbonyl (C=O) groups excluding carboxylic acids is 1. The Bertz CT molecular complexity index is 1080. The van der Waals surface area contributed by atoms with E-state index in [4.69, 9.17) is 0 Å². The van der Waals surface area contributed by atoms with Crippen LogP contribution in [0.25, 0.3) is 5.57 Å². The third-order valence-corrected chi connectivity index (χ3v) is 6.95. The molecule has 1 fully saturated rings. The fourth-order valence-electron chi connectivity index (χ4n) is 4.03. The first kappa shape index (κ1) is 18.7. The minimum absolute atomic E-state index is 0.0370. The summed E-state index contributed by atoms with van der Waals surface area (Å²) in [6.45, 7) is 2.03. The predicted octanol–water partition coefficient (Wildman–Crippen LogP) is 4.35. The van der Waals surface area contributed by atoms with Crippen LogP contribution in [-0.4, -0.2) is 21.4 Å². The molecule has 6 heteroatoms. The molecule has 0 saturated heterocycles. The number of hydrogen-bond acceptors (Lipinski definition) is 3. The Morgan fingerprint density at radius 2 is 1.82 bits per heavy atom. The SMILES string of the molecule is CCc1cccc(NS(=O)(=O)c2ccc3c(c2)C(=C2CCCC2)C(=O)N3C)c1. The van der Waals surface area contributed by atoms with Crippen LogP contribution in [0.1, 0.15) is 43.7 Å². The molecule has 0 aromatic heterocycles. The number of likely N-dealkylation sites (N-methyl/N-ethyl adjacent to an activating group) is 1. The molecule has 4 rings (SSSR count). The van der Waals surface area contributed by atoms with Gasteiger partial charge in [0.25, 0.3) is 15.9 Å². The molecule has 2 aromatic rings. The maximum absolute atomic E-state index is 13.0. The molecule has 0 unspecified atom stereocenters. The second-order valence-electron chi connectivity index (χ2n) is 7.39. The van der Waals surface area contributed by atoms with Crippen LogP contribution >= 0.6 is 0 Å². The number of aryl methyl sites for hydroxylation is 1. The quantitative estimate of drug-likeness (QED) is 0.781. The van der Waals surface area contributed by atoms with Crippen LogP contribution in [0.2, 0.25) is 0 Å². The van der Waals surface area contributed by atoms with Gasteiger partial charge >= 0.3 is 0 Å². The number of benzene rings is 2. The number of sulfonamides is 1. The second kappa shape index (κ2) is 7.09. The number of amides is 1. The topological polar surface area (TPSA) is 66.5 Å². The molecule has 1 heterocycles. The molecule has 2 aliphatic rings. The molecule has 0 atom stereocenters. The first-order valence-corrected chi connectivity index (χ1v) is 11.2. The normalized spacial score (nSPS) is 16.6. The number of rotatable bonds is 4. The van der Waals surface area contributed by atoms with Crippen LogP contribution in [0.15, 0.2) is 52.9 Å². The van der Waals surface area contributed by atoms with Gasteiger partial charge in [0.15, 0.2) is 0 Å². The average molecular weight is 397 g/mol. The minimum Gasteiger partial charge on any atom is -0.311 e. The monoisotopic (exact) mass is 396 g/mol. The van der Waals surface area contributed by atoms with Crippen molar-refractivity contribution < 1.29 is 13.2 Å². The van der Waals surface area contributed by atoms with Gasteiger partial charge in [-0.15, -0.1) is 0 Å². The second-order valence-corrected chi connectivity index (χ2v) is 9.07. The third-order valence-electron chi connectivity index (χ3n) is 5.58. The van der Waals surface area contributed by atoms with Crippen LogP contribution in [0.3, 0.4) is 0 Å². The van der Waals surface area contributed by atoms with Crippen molar-refractivity contribution in [1.29, 1.82) is 0 Å². The summed E-state index contributed by atoms with van der Waals surface area (Å²) in [5.41, 5.74) is 4.95. The van der Waals surface area contributed by atoms with E-state index in [9.17, 15) is 13.2 Å². The van der Waals surface area contributed by atoms with E-state index >= 15 is 0 Å². The number of hydrogen-bond donors (Lipinski definition) is 1. The van der Waals surface area contributed by atoms with Gasteiger partial charge in [0, 0.05) is 23.9 Å². The first-order valence-electron chi connectivity index (χ1n) is 9.67. The predicted molar refractivity (Wildman–Crippen MR) is 112 cm³/mol. The molecule has 28 heavy (non-hydrogen) atoms. The van der Waals surface area contributed by atoms with E-state index in [-0.39, 0.29) is 10.8 Å². The molecule has 5 nitrogen and oxygen atoms in total. The van der Waals surface area contributed by atoms with E-state index in [0.717, 1.165) is 54.5 Å². The fourth-order valence-corrected chi connectivity index (χ4v) is 5.10. The standard InChI is InChI=1S/C22H24N2O3S/c1-3-15-7-6-10-17(13-15)23-28(26,27)18-11-12-20-19(14-18)21(22(25)24(20)2)16-8-4-5-9-16/h6-7,10-14,23H,3-5,8-9H2,1-2H3. The Hall–Kier alpha value is -2.60. The van der Waals surface area contributed by atoms with Crippen LogP contribution in [-0.2, 0) is 21.2 Å². The summed E-state index contributed by atoms with van der Waals surface area (Å²) in [6.07, 6.45) is 4.82. The highest BCUT2D eigenvalue weighted by atomic mass is 32.2. The van der Waals surface area contributed by atoms with E-state index in [1.807, 2.05) is 25.1 Å². The van der Waals surface area contributed by atoms with Crippen molar-refractivity contribution in [2.24, 2.45) is 0 Å². The van der Waals surface area contributed by atoms with Gasteiger partial charge in [-0.3, -0.25) is 9.52 Å². The highest BCUT2D eigenvalue weighted by Gasteiger charge is 2.34. The van der Waals surface area contributed by atoms with Crippen LogP contribution in [0.5, 0.6) is 0 Å². The van der Waals surface area contributed by atoms with Crippen molar-refractivity contribution in [2.75, 3.05) is 16.7 Å². The average Bonchev–Trinajstić information content (AvgIpc) is 3.28. The lowest BCUT2D eigenvalue weighted by Gasteiger charge is -2.12. The molecule has 0 spiro atoms. The highest BCUT2D eigenvalue weighted by Crippen LogP contribution is 2.42. The molecule has 1 amide bonds. The Labute approximate surface area is 166 Å². The summed E-state index contributed by atoms with van der Waals surface area (Å²) >= 11 is 0. The van der Waals surface area contributed by atoms with Gasteiger partial charge in [0.2, 0.25) is 0 Å². The van der Waals surface area contributed by atoms with Crippen molar-refractivity contribution in [3.8, 4) is 0 Å². The van der Waals surface area contributed by atoms with E-state index < -0.39 is 10.0 Å². The largest absolute Gasteiger partial charge is 0.311 e. The molecule has 0 bridgehead atoms. The maximum Gasteiger partial charge on any atom is 0.261 e. The lowest BCUT2D eigenvalue weighted by molar-refractivity contribution is -0.112. The molecule has 2 aromatic carbocycles. The van der Waals surface area contributed by atoms with Crippen LogP contribution < -0.4 is 9.62 Å². The maximum atomic E-state index is 13.0. The zero-order chi connectivity index (χ0) is 19.9. The minimum atomic E-state index is -3.74. The van der Waals surface area contributed by atoms with E-state index in [2.05, 4.69) is 4.72 Å². The fraction of sp³-hybridized carbons (Fsp3) is 0.318. The van der Waals surface area contributed by atoms with Crippen LogP contribution in [0, 0.1) is 0 Å². The number of nitrogens with one attached hydrogen (secondary N) is 1. The Morgan fingerprint density at radius 3 is 2.54 bits per heavy atom. The highest BCUT2D eigenvalue weighted by molar-refractivity contribution is 7.92. The number of nitrogens with zero attached hydrogens (tertiary/aromatic N) is 1. The summed E-state index contributed by atoms with van der Waals surface area (Å²) in [6, 6.07) is 12.3.